The number of aryl methyl sites for hydroxylation is 1. The molecule has 1 aliphatic rings. The summed E-state index contributed by atoms with van der Waals surface area (Å²) in [6.45, 7) is 2.61. The molecule has 0 radical (unpaired) electrons. The molecule has 0 saturated carbocycles. The standard InChI is InChI=1S/C26H29N3O6S/c1-26(25(32)27-33,36(2,34)35)12-15-28-14-11-21-16-20(9-10-22(21)24(28)31)19-7-5-18(6-8-19)17-29-13-3-4-23(29)30/h5-11,14,16,33H,3-4,12-13,15,17H2,1-2H3,(H,27,32)/t26-/m0/s1. The monoisotopic (exact) mass is 511 g/mol. The van der Waals surface area contributed by atoms with Crippen molar-refractivity contribution in [3.8, 4) is 11.1 Å². The van der Waals surface area contributed by atoms with Gasteiger partial charge >= 0.3 is 0 Å². The Hall–Kier alpha value is -3.50. The van der Waals surface area contributed by atoms with Crippen LogP contribution in [0.1, 0.15) is 31.7 Å². The van der Waals surface area contributed by atoms with Crippen LogP contribution in [0.3, 0.4) is 0 Å². The maximum atomic E-state index is 13.0. The number of hydroxylamine groups is 1. The number of nitrogens with zero attached hydrogens (tertiary/aromatic N) is 2. The Labute approximate surface area is 209 Å². The van der Waals surface area contributed by atoms with E-state index in [2.05, 4.69) is 0 Å². The number of hydrogen-bond donors (Lipinski definition) is 2. The number of nitrogens with one attached hydrogen (secondary N) is 1. The van der Waals surface area contributed by atoms with Gasteiger partial charge in [0.25, 0.3) is 11.5 Å². The molecule has 3 aromatic rings. The van der Waals surface area contributed by atoms with E-state index in [0.717, 1.165) is 41.3 Å². The number of sulfone groups is 1. The lowest BCUT2D eigenvalue weighted by Gasteiger charge is -2.25. The highest BCUT2D eigenvalue weighted by Crippen LogP contribution is 2.25. The van der Waals surface area contributed by atoms with Crippen LogP contribution in [0.15, 0.2) is 59.5 Å². The van der Waals surface area contributed by atoms with Gasteiger partial charge < -0.3 is 9.47 Å². The summed E-state index contributed by atoms with van der Waals surface area (Å²) in [6.07, 6.45) is 3.84. The maximum Gasteiger partial charge on any atom is 0.264 e. The molecule has 0 spiro atoms. The first-order chi connectivity index (χ1) is 17.0. The normalized spacial score (nSPS) is 15.8. The van der Waals surface area contributed by atoms with E-state index in [1.54, 1.807) is 18.3 Å². The molecule has 1 atom stereocenters. The second-order valence-electron chi connectivity index (χ2n) is 9.43. The third-order valence-electron chi connectivity index (χ3n) is 7.04. The lowest BCUT2D eigenvalue weighted by atomic mass is 10.0. The van der Waals surface area contributed by atoms with Crippen LogP contribution in [0.5, 0.6) is 0 Å². The van der Waals surface area contributed by atoms with Crippen molar-refractivity contribution in [3.63, 3.8) is 0 Å². The van der Waals surface area contributed by atoms with Crippen molar-refractivity contribution >= 4 is 32.4 Å². The molecule has 0 unspecified atom stereocenters. The number of likely N-dealkylation sites (tertiary alicyclic amines) is 1. The fourth-order valence-electron chi connectivity index (χ4n) is 4.46. The van der Waals surface area contributed by atoms with Gasteiger partial charge in [-0.15, -0.1) is 0 Å². The van der Waals surface area contributed by atoms with E-state index in [4.69, 9.17) is 5.21 Å². The summed E-state index contributed by atoms with van der Waals surface area (Å²) in [7, 11) is -3.86. The molecular formula is C26H29N3O6S. The van der Waals surface area contributed by atoms with Crippen LogP contribution >= 0.6 is 0 Å². The first-order valence-electron chi connectivity index (χ1n) is 11.7. The van der Waals surface area contributed by atoms with Gasteiger partial charge in [-0.2, -0.15) is 0 Å². The van der Waals surface area contributed by atoms with Crippen LogP contribution in [-0.4, -0.2) is 52.5 Å². The van der Waals surface area contributed by atoms with Crippen molar-refractivity contribution in [2.75, 3.05) is 12.8 Å². The second kappa shape index (κ2) is 9.87. The molecule has 1 aliphatic heterocycles. The van der Waals surface area contributed by atoms with Crippen molar-refractivity contribution in [1.82, 2.24) is 14.9 Å². The average Bonchev–Trinajstić information content (AvgIpc) is 3.26. The molecule has 0 aliphatic carbocycles. The Morgan fingerprint density at radius 3 is 2.39 bits per heavy atom. The number of carbonyl (C=O) groups is 2. The molecule has 36 heavy (non-hydrogen) atoms. The number of aromatic nitrogens is 1. The maximum absolute atomic E-state index is 13.0. The Morgan fingerprint density at radius 1 is 1.08 bits per heavy atom. The van der Waals surface area contributed by atoms with Crippen molar-refractivity contribution < 1.29 is 23.2 Å². The molecule has 2 aromatic carbocycles. The zero-order valence-corrected chi connectivity index (χ0v) is 21.0. The van der Waals surface area contributed by atoms with Crippen LogP contribution < -0.4 is 11.0 Å². The third-order valence-corrected chi connectivity index (χ3v) is 9.07. The summed E-state index contributed by atoms with van der Waals surface area (Å²) in [5.74, 6) is -0.849. The highest BCUT2D eigenvalue weighted by molar-refractivity contribution is 7.92. The molecule has 190 valence electrons. The van der Waals surface area contributed by atoms with Crippen molar-refractivity contribution in [3.05, 3.63) is 70.6 Å². The summed E-state index contributed by atoms with van der Waals surface area (Å²) in [4.78, 5) is 38.8. The highest BCUT2D eigenvalue weighted by atomic mass is 32.2. The molecule has 0 bridgehead atoms. The van der Waals surface area contributed by atoms with E-state index in [-0.39, 0.29) is 24.4 Å². The zero-order valence-electron chi connectivity index (χ0n) is 20.2. The molecule has 1 aromatic heterocycles. The van der Waals surface area contributed by atoms with E-state index in [9.17, 15) is 22.8 Å². The lowest BCUT2D eigenvalue weighted by molar-refractivity contribution is -0.131. The quantitative estimate of drug-likeness (QED) is 0.354. The van der Waals surface area contributed by atoms with Crippen LogP contribution in [0.4, 0.5) is 0 Å². The summed E-state index contributed by atoms with van der Waals surface area (Å²) >= 11 is 0. The highest BCUT2D eigenvalue weighted by Gasteiger charge is 2.43. The Balaban J connectivity index is 1.54. The van der Waals surface area contributed by atoms with Gasteiger partial charge in [-0.1, -0.05) is 30.3 Å². The number of rotatable bonds is 8. The van der Waals surface area contributed by atoms with Crippen LogP contribution in [0, 0.1) is 0 Å². The van der Waals surface area contributed by atoms with Crippen LogP contribution in [0.2, 0.25) is 0 Å². The molecular weight excluding hydrogens is 482 g/mol. The molecule has 2 heterocycles. The van der Waals surface area contributed by atoms with Gasteiger partial charge in [0.15, 0.2) is 14.6 Å². The predicted molar refractivity (Wildman–Crippen MR) is 136 cm³/mol. The summed E-state index contributed by atoms with van der Waals surface area (Å²) < 4.78 is 23.9. The van der Waals surface area contributed by atoms with Gasteiger partial charge in [-0.3, -0.25) is 19.6 Å². The summed E-state index contributed by atoms with van der Waals surface area (Å²) in [5, 5.41) is 10.2. The van der Waals surface area contributed by atoms with Gasteiger partial charge in [-0.05, 0) is 60.0 Å². The van der Waals surface area contributed by atoms with E-state index < -0.39 is 20.5 Å². The van der Waals surface area contributed by atoms with E-state index in [1.165, 1.54) is 17.0 Å². The van der Waals surface area contributed by atoms with E-state index in [0.29, 0.717) is 18.4 Å². The number of pyridine rings is 1. The average molecular weight is 512 g/mol. The minimum atomic E-state index is -3.86. The molecule has 4 rings (SSSR count). The van der Waals surface area contributed by atoms with Crippen LogP contribution in [0.25, 0.3) is 21.9 Å². The number of hydrogen-bond acceptors (Lipinski definition) is 6. The molecule has 1 saturated heterocycles. The van der Waals surface area contributed by atoms with Crippen molar-refractivity contribution in [2.24, 2.45) is 0 Å². The largest absolute Gasteiger partial charge is 0.338 e. The minimum absolute atomic E-state index is 0.0193. The minimum Gasteiger partial charge on any atom is -0.338 e. The number of benzene rings is 2. The Bertz CT molecular complexity index is 1480. The summed E-state index contributed by atoms with van der Waals surface area (Å²) in [5.41, 5.74) is 4.10. The summed E-state index contributed by atoms with van der Waals surface area (Å²) in [6, 6.07) is 15.3. The van der Waals surface area contributed by atoms with Gasteiger partial charge in [-0.25, -0.2) is 13.9 Å². The Morgan fingerprint density at radius 2 is 1.78 bits per heavy atom. The van der Waals surface area contributed by atoms with E-state index in [1.807, 2.05) is 41.3 Å². The zero-order chi connectivity index (χ0) is 26.1. The SMILES string of the molecule is C[C@](CCn1ccc2cc(-c3ccc(CN4CCCC4=O)cc3)ccc2c1=O)(C(=O)NO)S(C)(=O)=O. The number of carbonyl (C=O) groups excluding carboxylic acids is 2. The van der Waals surface area contributed by atoms with Gasteiger partial charge in [0.2, 0.25) is 5.91 Å². The van der Waals surface area contributed by atoms with Crippen molar-refractivity contribution in [1.29, 1.82) is 0 Å². The third kappa shape index (κ3) is 4.91. The topological polar surface area (TPSA) is 126 Å². The van der Waals surface area contributed by atoms with Gasteiger partial charge in [0, 0.05) is 43.9 Å². The smallest absolute Gasteiger partial charge is 0.264 e. The van der Waals surface area contributed by atoms with Gasteiger partial charge in [0.1, 0.15) is 0 Å². The second-order valence-corrected chi connectivity index (χ2v) is 11.9. The molecule has 2 N–H and O–H groups in total. The number of amides is 2. The molecule has 2 amide bonds. The number of fused-ring (bicyclic) bond motifs is 1. The lowest BCUT2D eigenvalue weighted by Crippen LogP contribution is -2.49. The fraction of sp³-hybridized carbons (Fsp3) is 0.346. The first kappa shape index (κ1) is 25.6. The van der Waals surface area contributed by atoms with Gasteiger partial charge in [0.05, 0.1) is 0 Å². The molecule has 10 heteroatoms. The van der Waals surface area contributed by atoms with Crippen LogP contribution in [-0.2, 0) is 32.5 Å². The van der Waals surface area contributed by atoms with E-state index >= 15 is 0 Å². The van der Waals surface area contributed by atoms with Crippen molar-refractivity contribution in [2.45, 2.75) is 44.0 Å². The Kier molecular flexibility index (Phi) is 7.01. The molecule has 1 fully saturated rings. The first-order valence-corrected chi connectivity index (χ1v) is 13.6. The predicted octanol–water partition coefficient (Wildman–Crippen LogP) is 2.49. The molecule has 9 nitrogen and oxygen atoms in total. The fourth-order valence-corrected chi connectivity index (χ4v) is 5.30.